The lowest BCUT2D eigenvalue weighted by Crippen LogP contribution is -2.37. The van der Waals surface area contributed by atoms with Gasteiger partial charge in [-0.15, -0.1) is 0 Å². The lowest BCUT2D eigenvalue weighted by molar-refractivity contribution is -0.129. The Morgan fingerprint density at radius 3 is 2.31 bits per heavy atom. The Morgan fingerprint density at radius 1 is 0.923 bits per heavy atom. The highest BCUT2D eigenvalue weighted by molar-refractivity contribution is 5.88. The summed E-state index contributed by atoms with van der Waals surface area (Å²) in [7, 11) is 1.79. The van der Waals surface area contributed by atoms with Crippen LogP contribution < -0.4 is 9.80 Å². The average molecular weight is 712 g/mol. The van der Waals surface area contributed by atoms with Crippen LogP contribution in [0, 0.1) is 11.8 Å². The monoisotopic (exact) mass is 711 g/mol. The maximum absolute atomic E-state index is 14.7. The minimum absolute atomic E-state index is 0.00226. The van der Waals surface area contributed by atoms with E-state index in [9.17, 15) is 23.5 Å². The number of halogens is 2. The summed E-state index contributed by atoms with van der Waals surface area (Å²) in [5.74, 6) is 1.28. The van der Waals surface area contributed by atoms with Crippen LogP contribution in [-0.2, 0) is 31.2 Å². The molecule has 0 bridgehead atoms. The highest BCUT2D eigenvalue weighted by Gasteiger charge is 2.36. The third kappa shape index (κ3) is 6.45. The molecule has 1 amide bonds. The molecule has 0 spiro atoms. The van der Waals surface area contributed by atoms with Crippen molar-refractivity contribution < 1.29 is 23.5 Å². The smallest absolute Gasteiger partial charge is 0.335 e. The molecule has 0 unspecified atom stereocenters. The first kappa shape index (κ1) is 34.4. The summed E-state index contributed by atoms with van der Waals surface area (Å²) in [4.78, 5) is 30.3. The van der Waals surface area contributed by atoms with E-state index >= 15 is 0 Å². The number of nitrogens with zero attached hydrogens (tertiary/aromatic N) is 7. The lowest BCUT2D eigenvalue weighted by Gasteiger charge is -2.40. The topological polar surface area (TPSA) is 99.7 Å². The van der Waals surface area contributed by atoms with E-state index in [0.717, 1.165) is 99.2 Å². The van der Waals surface area contributed by atoms with Crippen molar-refractivity contribution in [3.63, 3.8) is 0 Å². The van der Waals surface area contributed by atoms with Crippen LogP contribution in [-0.4, -0.2) is 67.6 Å². The lowest BCUT2D eigenvalue weighted by atomic mass is 9.74. The Balaban J connectivity index is 1.02. The third-order valence-corrected chi connectivity index (χ3v) is 12.2. The van der Waals surface area contributed by atoms with Crippen molar-refractivity contribution in [2.75, 3.05) is 36.0 Å². The minimum Gasteiger partial charge on any atom is -0.478 e. The van der Waals surface area contributed by atoms with Crippen LogP contribution in [0.4, 0.5) is 26.0 Å². The standard InChI is InChI=1S/C40H47F2N7O3/c1-25(50)47-19-15-36-35(24-47)39(48-16-3-4-29-20-33(30-22-43-45(2)23-30)34(38(41)42)21-37(29)48)44-49(36)32-11-5-26(6-12-32)27-13-17-46(18-14-27)31-9-7-28(8-10-31)40(51)52/h7-10,20-23,26-27,32,38H,3-6,11-19,24H2,1-2H3,(H,51,52). The molecule has 52 heavy (non-hydrogen) atoms. The van der Waals surface area contributed by atoms with Gasteiger partial charge in [-0.25, -0.2) is 13.6 Å². The fraction of sp³-hybridized carbons (Fsp3) is 0.500. The van der Waals surface area contributed by atoms with Crippen molar-refractivity contribution in [1.82, 2.24) is 24.5 Å². The Labute approximate surface area is 303 Å². The zero-order chi connectivity index (χ0) is 36.1. The van der Waals surface area contributed by atoms with Crippen molar-refractivity contribution in [1.29, 1.82) is 0 Å². The van der Waals surface area contributed by atoms with E-state index in [1.165, 1.54) is 5.69 Å². The Morgan fingerprint density at radius 2 is 1.65 bits per heavy atom. The van der Waals surface area contributed by atoms with E-state index in [1.54, 1.807) is 49.2 Å². The molecule has 1 N–H and O–H groups in total. The summed E-state index contributed by atoms with van der Waals surface area (Å²) in [5.41, 5.74) is 6.66. The summed E-state index contributed by atoms with van der Waals surface area (Å²) >= 11 is 0. The molecule has 8 rings (SSSR count). The quantitative estimate of drug-likeness (QED) is 0.211. The highest BCUT2D eigenvalue weighted by atomic mass is 19.3. The molecule has 0 atom stereocenters. The number of hydrogen-bond acceptors (Lipinski definition) is 6. The summed E-state index contributed by atoms with van der Waals surface area (Å²) in [6.45, 7) is 5.39. The molecule has 1 saturated carbocycles. The SMILES string of the molecule is CC(=O)N1CCc2c(c(N3CCCc4cc(-c5cnn(C)c5)c(C(F)F)cc43)nn2C2CCC(C3CCN(c4ccc(C(=O)O)cc4)CC3)CC2)C1. The Hall–Kier alpha value is -4.74. The second kappa shape index (κ2) is 14.0. The molecule has 5 heterocycles. The van der Waals surface area contributed by atoms with Crippen LogP contribution in [0.3, 0.4) is 0 Å². The molecule has 4 aromatic rings. The number of benzene rings is 2. The Kier molecular flexibility index (Phi) is 9.25. The van der Waals surface area contributed by atoms with Gasteiger partial charge in [-0.2, -0.15) is 10.2 Å². The number of carboxylic acids is 1. The van der Waals surface area contributed by atoms with Crippen molar-refractivity contribution >= 4 is 29.1 Å². The van der Waals surface area contributed by atoms with Gasteiger partial charge in [-0.1, -0.05) is 0 Å². The minimum atomic E-state index is -2.64. The van der Waals surface area contributed by atoms with Crippen LogP contribution in [0.2, 0.25) is 0 Å². The van der Waals surface area contributed by atoms with Crippen LogP contribution in [0.5, 0.6) is 0 Å². The highest BCUT2D eigenvalue weighted by Crippen LogP contribution is 2.45. The number of hydrogen-bond donors (Lipinski definition) is 1. The molecular weight excluding hydrogens is 664 g/mol. The van der Waals surface area contributed by atoms with Gasteiger partial charge in [-0.3, -0.25) is 14.2 Å². The van der Waals surface area contributed by atoms with E-state index in [0.29, 0.717) is 48.2 Å². The molecule has 274 valence electrons. The van der Waals surface area contributed by atoms with Crippen molar-refractivity contribution in [3.05, 3.63) is 76.7 Å². The van der Waals surface area contributed by atoms with E-state index < -0.39 is 12.4 Å². The van der Waals surface area contributed by atoms with E-state index in [1.807, 2.05) is 23.1 Å². The second-order valence-corrected chi connectivity index (χ2v) is 15.2. The molecule has 10 nitrogen and oxygen atoms in total. The molecule has 2 aromatic heterocycles. The molecule has 0 radical (unpaired) electrons. The zero-order valence-electron chi connectivity index (χ0n) is 30.0. The zero-order valence-corrected chi connectivity index (χ0v) is 30.0. The van der Waals surface area contributed by atoms with Crippen molar-refractivity contribution in [2.24, 2.45) is 18.9 Å². The number of aromatic nitrogens is 4. The van der Waals surface area contributed by atoms with Gasteiger partial charge in [0.1, 0.15) is 0 Å². The normalized spacial score (nSPS) is 21.0. The molecule has 4 aliphatic rings. The predicted molar refractivity (Wildman–Crippen MR) is 195 cm³/mol. The first-order valence-corrected chi connectivity index (χ1v) is 18.8. The maximum atomic E-state index is 14.7. The van der Waals surface area contributed by atoms with Crippen LogP contribution >= 0.6 is 0 Å². The van der Waals surface area contributed by atoms with E-state index in [4.69, 9.17) is 5.10 Å². The number of aryl methyl sites for hydroxylation is 2. The van der Waals surface area contributed by atoms with Gasteiger partial charge < -0.3 is 19.8 Å². The van der Waals surface area contributed by atoms with Gasteiger partial charge in [0.25, 0.3) is 6.43 Å². The Bertz CT molecular complexity index is 1960. The van der Waals surface area contributed by atoms with Crippen molar-refractivity contribution in [3.8, 4) is 11.1 Å². The van der Waals surface area contributed by atoms with Gasteiger partial charge in [0.05, 0.1) is 24.3 Å². The van der Waals surface area contributed by atoms with E-state index in [2.05, 4.69) is 19.6 Å². The fourth-order valence-corrected chi connectivity index (χ4v) is 9.34. The maximum Gasteiger partial charge on any atom is 0.335 e. The van der Waals surface area contributed by atoms with Gasteiger partial charge in [0.15, 0.2) is 5.82 Å². The summed E-state index contributed by atoms with van der Waals surface area (Å²) in [6.07, 6.45) is 9.85. The predicted octanol–water partition coefficient (Wildman–Crippen LogP) is 7.56. The second-order valence-electron chi connectivity index (χ2n) is 15.2. The molecule has 2 fully saturated rings. The summed E-state index contributed by atoms with van der Waals surface area (Å²) in [6, 6.07) is 11.1. The molecule has 2 aromatic carbocycles. The molecule has 1 saturated heterocycles. The largest absolute Gasteiger partial charge is 0.478 e. The van der Waals surface area contributed by atoms with Crippen molar-refractivity contribution in [2.45, 2.75) is 83.7 Å². The number of fused-ring (bicyclic) bond motifs is 2. The number of alkyl halides is 2. The number of anilines is 3. The number of carbonyl (C=O) groups excluding carboxylic acids is 1. The average Bonchev–Trinajstić information content (AvgIpc) is 3.77. The number of amides is 1. The van der Waals surface area contributed by atoms with E-state index in [-0.39, 0.29) is 17.5 Å². The third-order valence-electron chi connectivity index (χ3n) is 12.2. The van der Waals surface area contributed by atoms with Crippen LogP contribution in [0.15, 0.2) is 48.8 Å². The first-order valence-electron chi connectivity index (χ1n) is 18.8. The number of aromatic carboxylic acids is 1. The number of carboxylic acid groups (broad SMARTS) is 1. The molecule has 12 heteroatoms. The van der Waals surface area contributed by atoms with Gasteiger partial charge in [0.2, 0.25) is 5.91 Å². The summed E-state index contributed by atoms with van der Waals surface area (Å²) in [5, 5.41) is 18.8. The number of rotatable bonds is 7. The van der Waals surface area contributed by atoms with Gasteiger partial charge >= 0.3 is 5.97 Å². The summed E-state index contributed by atoms with van der Waals surface area (Å²) < 4.78 is 33.2. The van der Waals surface area contributed by atoms with Gasteiger partial charge in [0, 0.05) is 86.5 Å². The first-order chi connectivity index (χ1) is 25.1. The fourth-order valence-electron chi connectivity index (χ4n) is 9.34. The number of carbonyl (C=O) groups is 2. The molecule has 1 aliphatic carbocycles. The molecular formula is C40H47F2N7O3. The van der Waals surface area contributed by atoms with Gasteiger partial charge in [-0.05, 0) is 111 Å². The number of piperidine rings is 1. The van der Waals surface area contributed by atoms with Crippen LogP contribution in [0.25, 0.3) is 11.1 Å². The molecule has 3 aliphatic heterocycles. The van der Waals surface area contributed by atoms with Crippen LogP contribution in [0.1, 0.15) is 97.1 Å².